The zero-order valence-corrected chi connectivity index (χ0v) is 4.64. The van der Waals surface area contributed by atoms with E-state index in [4.69, 9.17) is 20.3 Å². The predicted octanol–water partition coefficient (Wildman–Crippen LogP) is -2.91. The van der Waals surface area contributed by atoms with Crippen molar-refractivity contribution < 1.29 is 25.0 Å². The highest BCUT2D eigenvalue weighted by Gasteiger charge is 2.13. The highest BCUT2D eigenvalue weighted by molar-refractivity contribution is 6.32. The maximum atomic E-state index is 8.19. The van der Waals surface area contributed by atoms with E-state index in [0.29, 0.717) is 5.06 Å². The van der Waals surface area contributed by atoms with Gasteiger partial charge >= 0.3 is 7.32 Å². The van der Waals surface area contributed by atoms with Crippen molar-refractivity contribution in [1.82, 2.24) is 5.06 Å². The fraction of sp³-hybridized carbons (Fsp3) is 1.00. The number of aliphatic hydroxyl groups excluding tert-OH is 2. The van der Waals surface area contributed by atoms with Gasteiger partial charge in [0.2, 0.25) is 0 Å². The highest BCUT2D eigenvalue weighted by Crippen LogP contribution is 1.84. The van der Waals surface area contributed by atoms with E-state index in [0.717, 1.165) is 0 Å². The van der Waals surface area contributed by atoms with Gasteiger partial charge in [-0.2, -0.15) is 0 Å². The van der Waals surface area contributed by atoms with E-state index in [2.05, 4.69) is 4.76 Å². The van der Waals surface area contributed by atoms with Gasteiger partial charge in [0, 0.05) is 0 Å². The predicted molar refractivity (Wildman–Crippen MR) is 27.3 cm³/mol. The Balaban J connectivity index is 3.31. The minimum absolute atomic E-state index is 0.560. The number of hydrogen-bond donors (Lipinski definition) is 4. The largest absolute Gasteiger partial charge is 0.651 e. The number of aliphatic hydroxyl groups is 2. The molecule has 0 atom stereocenters. The first-order valence-electron chi connectivity index (χ1n) is 2.20. The standard InChI is InChI=1S/C2H8BNO5/c5-1-4(2-6)9-3(7)8/h5-8H,1-2H2. The van der Waals surface area contributed by atoms with Gasteiger partial charge in [-0.15, -0.1) is 5.06 Å². The van der Waals surface area contributed by atoms with Crippen molar-refractivity contribution in [2.75, 3.05) is 13.5 Å². The van der Waals surface area contributed by atoms with Crippen molar-refractivity contribution in [3.05, 3.63) is 0 Å². The van der Waals surface area contributed by atoms with E-state index in [-0.39, 0.29) is 0 Å². The van der Waals surface area contributed by atoms with Gasteiger partial charge in [0.1, 0.15) is 13.5 Å². The Labute approximate surface area is 52.0 Å². The van der Waals surface area contributed by atoms with Crippen molar-refractivity contribution >= 4 is 7.32 Å². The molecule has 0 spiro atoms. The summed E-state index contributed by atoms with van der Waals surface area (Å²) in [6.07, 6.45) is 0. The van der Waals surface area contributed by atoms with Crippen molar-refractivity contribution in [3.63, 3.8) is 0 Å². The SMILES string of the molecule is OCN(CO)OB(O)O. The van der Waals surface area contributed by atoms with Gasteiger partial charge in [-0.3, -0.25) is 4.76 Å². The van der Waals surface area contributed by atoms with Gasteiger partial charge in [0.15, 0.2) is 0 Å². The molecule has 0 aromatic rings. The molecule has 6 nitrogen and oxygen atoms in total. The van der Waals surface area contributed by atoms with E-state index in [1.54, 1.807) is 0 Å². The van der Waals surface area contributed by atoms with E-state index in [1.807, 2.05) is 0 Å². The van der Waals surface area contributed by atoms with E-state index in [1.165, 1.54) is 0 Å². The third kappa shape index (κ3) is 4.34. The summed E-state index contributed by atoms with van der Waals surface area (Å²) in [4.78, 5) is 0. The molecule has 0 saturated heterocycles. The van der Waals surface area contributed by atoms with E-state index in [9.17, 15) is 0 Å². The molecule has 0 aliphatic heterocycles. The third-order valence-corrected chi connectivity index (χ3v) is 0.559. The van der Waals surface area contributed by atoms with Gasteiger partial charge in [0.05, 0.1) is 0 Å². The average Bonchev–Trinajstić information content (AvgIpc) is 1.82. The van der Waals surface area contributed by atoms with Crippen LogP contribution < -0.4 is 0 Å². The molecule has 4 N–H and O–H groups in total. The van der Waals surface area contributed by atoms with Crippen LogP contribution in [0.15, 0.2) is 0 Å². The topological polar surface area (TPSA) is 93.4 Å². The summed E-state index contributed by atoms with van der Waals surface area (Å²) in [7, 11) is -2.01. The first-order valence-corrected chi connectivity index (χ1v) is 2.20. The molecule has 54 valence electrons. The lowest BCUT2D eigenvalue weighted by Gasteiger charge is -2.14. The lowest BCUT2D eigenvalue weighted by Crippen LogP contribution is -2.34. The maximum Gasteiger partial charge on any atom is 0.651 e. The summed E-state index contributed by atoms with van der Waals surface area (Å²) in [6.45, 7) is -1.21. The van der Waals surface area contributed by atoms with Gasteiger partial charge in [-0.1, -0.05) is 0 Å². The second kappa shape index (κ2) is 4.68. The van der Waals surface area contributed by atoms with Crippen LogP contribution in [0.3, 0.4) is 0 Å². The molecule has 0 aliphatic carbocycles. The van der Waals surface area contributed by atoms with Crippen molar-refractivity contribution in [2.24, 2.45) is 0 Å². The van der Waals surface area contributed by atoms with Crippen LogP contribution in [0.2, 0.25) is 0 Å². The summed E-state index contributed by atoms with van der Waals surface area (Å²) < 4.78 is 3.99. The first kappa shape index (κ1) is 8.82. The molecule has 0 aliphatic rings. The molecule has 0 heterocycles. The Kier molecular flexibility index (Phi) is 4.59. The van der Waals surface area contributed by atoms with Crippen molar-refractivity contribution in [3.8, 4) is 0 Å². The molecule has 9 heavy (non-hydrogen) atoms. The molecule has 0 bridgehead atoms. The molecule has 0 radical (unpaired) electrons. The second-order valence-corrected chi connectivity index (χ2v) is 1.20. The van der Waals surface area contributed by atoms with Crippen LogP contribution in [-0.2, 0) is 4.76 Å². The summed E-state index contributed by atoms with van der Waals surface area (Å²) in [5, 5.41) is 33.1. The quantitative estimate of drug-likeness (QED) is 0.188. The van der Waals surface area contributed by atoms with Crippen LogP contribution in [0, 0.1) is 0 Å². The summed E-state index contributed by atoms with van der Waals surface area (Å²) >= 11 is 0. The number of hydrogen-bond acceptors (Lipinski definition) is 6. The zero-order valence-electron chi connectivity index (χ0n) is 4.64. The van der Waals surface area contributed by atoms with Crippen LogP contribution in [0.1, 0.15) is 0 Å². The smallest absolute Gasteiger partial charge is 0.401 e. The second-order valence-electron chi connectivity index (χ2n) is 1.20. The van der Waals surface area contributed by atoms with Crippen LogP contribution in [-0.4, -0.2) is 46.1 Å². The van der Waals surface area contributed by atoms with Crippen molar-refractivity contribution in [2.45, 2.75) is 0 Å². The molecular weight excluding hydrogens is 129 g/mol. The van der Waals surface area contributed by atoms with Gasteiger partial charge < -0.3 is 20.3 Å². The molecule has 0 saturated carbocycles. The molecule has 0 rings (SSSR count). The fourth-order valence-corrected chi connectivity index (χ4v) is 0.245. The Morgan fingerprint density at radius 3 is 1.78 bits per heavy atom. The Bertz CT molecular complexity index is 66.0. The number of nitrogens with zero attached hydrogens (tertiary/aromatic N) is 1. The zero-order chi connectivity index (χ0) is 7.28. The Morgan fingerprint density at radius 2 is 1.67 bits per heavy atom. The van der Waals surface area contributed by atoms with Gasteiger partial charge in [-0.05, 0) is 0 Å². The molecule has 0 aromatic heterocycles. The Hall–Kier alpha value is -0.175. The fourth-order valence-electron chi connectivity index (χ4n) is 0.245. The first-order chi connectivity index (χ1) is 4.20. The lowest BCUT2D eigenvalue weighted by atomic mass is 10.3. The normalized spacial score (nSPS) is 10.3. The van der Waals surface area contributed by atoms with Crippen molar-refractivity contribution in [1.29, 1.82) is 0 Å². The highest BCUT2D eigenvalue weighted by atomic mass is 16.8. The minimum atomic E-state index is -2.01. The summed E-state index contributed by atoms with van der Waals surface area (Å²) in [6, 6.07) is 0. The molecule has 0 fully saturated rings. The molecule has 0 amide bonds. The van der Waals surface area contributed by atoms with Crippen LogP contribution in [0.5, 0.6) is 0 Å². The monoisotopic (exact) mass is 137 g/mol. The molecular formula is C2H8BNO5. The summed E-state index contributed by atoms with van der Waals surface area (Å²) in [5.74, 6) is 0. The van der Waals surface area contributed by atoms with Crippen LogP contribution in [0.25, 0.3) is 0 Å². The summed E-state index contributed by atoms with van der Waals surface area (Å²) in [5.41, 5.74) is 0. The van der Waals surface area contributed by atoms with E-state index < -0.39 is 20.8 Å². The minimum Gasteiger partial charge on any atom is -0.401 e. The number of rotatable bonds is 4. The van der Waals surface area contributed by atoms with Crippen LogP contribution in [0.4, 0.5) is 0 Å². The van der Waals surface area contributed by atoms with Crippen LogP contribution >= 0.6 is 0 Å². The maximum absolute atomic E-state index is 8.19. The average molecular weight is 137 g/mol. The van der Waals surface area contributed by atoms with Gasteiger partial charge in [0.25, 0.3) is 0 Å². The molecule has 7 heteroatoms. The van der Waals surface area contributed by atoms with Gasteiger partial charge in [-0.25, -0.2) is 0 Å². The van der Waals surface area contributed by atoms with E-state index >= 15 is 0 Å². The molecule has 0 unspecified atom stereocenters. The lowest BCUT2D eigenvalue weighted by molar-refractivity contribution is -0.180. The molecule has 0 aromatic carbocycles. The third-order valence-electron chi connectivity index (χ3n) is 0.559. The number of hydroxylamine groups is 2. The Morgan fingerprint density at radius 1 is 1.22 bits per heavy atom.